The Labute approximate surface area is 187 Å². The molecule has 1 N–H and O–H groups in total. The Kier molecular flexibility index (Phi) is 6.36. The van der Waals surface area contributed by atoms with E-state index in [0.717, 1.165) is 50.2 Å². The van der Waals surface area contributed by atoms with Crippen molar-refractivity contribution in [2.24, 2.45) is 0 Å². The molecule has 4 aromatic rings. The zero-order valence-corrected chi connectivity index (χ0v) is 18.5. The largest absolute Gasteiger partial charge is 0.493 e. The topological polar surface area (TPSA) is 64.4 Å². The molecule has 32 heavy (non-hydrogen) atoms. The van der Waals surface area contributed by atoms with Gasteiger partial charge in [-0.1, -0.05) is 36.4 Å². The van der Waals surface area contributed by atoms with Crippen LogP contribution in [0.5, 0.6) is 5.75 Å². The number of hydrogen-bond donors (Lipinski definition) is 1. The lowest BCUT2D eigenvalue weighted by Gasteiger charge is -2.15. The maximum atomic E-state index is 12.6. The quantitative estimate of drug-likeness (QED) is 0.373. The van der Waals surface area contributed by atoms with Crippen molar-refractivity contribution in [2.45, 2.75) is 27.3 Å². The number of rotatable bonds is 7. The summed E-state index contributed by atoms with van der Waals surface area (Å²) in [5.41, 5.74) is 6.31. The lowest BCUT2D eigenvalue weighted by atomic mass is 9.96. The molecule has 2 aromatic heterocycles. The van der Waals surface area contributed by atoms with Crippen molar-refractivity contribution in [2.75, 3.05) is 6.61 Å². The van der Waals surface area contributed by atoms with E-state index in [1.165, 1.54) is 0 Å². The minimum atomic E-state index is -0.177. The molecule has 0 unspecified atom stereocenters. The Morgan fingerprint density at radius 1 is 1.16 bits per heavy atom. The van der Waals surface area contributed by atoms with Gasteiger partial charge in [-0.2, -0.15) is 0 Å². The second kappa shape index (κ2) is 9.52. The maximum absolute atomic E-state index is 12.6. The molecular weight excluding hydrogens is 400 g/mol. The summed E-state index contributed by atoms with van der Waals surface area (Å²) >= 11 is 0. The van der Waals surface area contributed by atoms with Crippen LogP contribution in [0.2, 0.25) is 0 Å². The molecular formula is C27H26N2O3. The normalized spacial score (nSPS) is 11.5. The van der Waals surface area contributed by atoms with Crippen LogP contribution in [0.15, 0.2) is 77.6 Å². The number of nitrogens with zero attached hydrogens (tertiary/aromatic N) is 1. The summed E-state index contributed by atoms with van der Waals surface area (Å²) in [6, 6.07) is 17.8. The van der Waals surface area contributed by atoms with Crippen LogP contribution in [-0.4, -0.2) is 17.5 Å². The molecule has 5 nitrogen and oxygen atoms in total. The summed E-state index contributed by atoms with van der Waals surface area (Å²) in [6.45, 7) is 6.75. The molecule has 162 valence electrons. The first-order valence-electron chi connectivity index (χ1n) is 10.7. The van der Waals surface area contributed by atoms with E-state index in [1.807, 2.05) is 57.2 Å². The molecule has 0 saturated carbocycles. The van der Waals surface area contributed by atoms with Crippen molar-refractivity contribution in [3.63, 3.8) is 0 Å². The third-order valence-corrected chi connectivity index (χ3v) is 5.36. The van der Waals surface area contributed by atoms with Gasteiger partial charge in [0.25, 0.3) is 0 Å². The molecule has 2 heterocycles. The minimum absolute atomic E-state index is 0.177. The van der Waals surface area contributed by atoms with Gasteiger partial charge in [-0.05, 0) is 50.1 Å². The van der Waals surface area contributed by atoms with E-state index >= 15 is 0 Å². The first-order valence-corrected chi connectivity index (χ1v) is 10.7. The fraction of sp³-hybridized carbons (Fsp3) is 0.185. The molecule has 0 fully saturated rings. The van der Waals surface area contributed by atoms with Crippen molar-refractivity contribution < 1.29 is 13.9 Å². The van der Waals surface area contributed by atoms with Gasteiger partial charge < -0.3 is 14.5 Å². The SMILES string of the molecule is CCOc1c(/C(C)=C/C(=O)NCc2ccccn2)cc2c(-c3ccccc3)coc2c1C. The summed E-state index contributed by atoms with van der Waals surface area (Å²) < 4.78 is 11.9. The van der Waals surface area contributed by atoms with Crippen LogP contribution in [0.25, 0.3) is 27.7 Å². The fourth-order valence-corrected chi connectivity index (χ4v) is 3.79. The zero-order valence-electron chi connectivity index (χ0n) is 18.5. The average molecular weight is 427 g/mol. The van der Waals surface area contributed by atoms with Crippen LogP contribution >= 0.6 is 0 Å². The van der Waals surface area contributed by atoms with E-state index in [1.54, 1.807) is 18.5 Å². The Bertz CT molecular complexity index is 1260. The summed E-state index contributed by atoms with van der Waals surface area (Å²) in [6.07, 6.45) is 5.10. The molecule has 0 atom stereocenters. The van der Waals surface area contributed by atoms with Crippen molar-refractivity contribution in [3.05, 3.63) is 90.0 Å². The van der Waals surface area contributed by atoms with Gasteiger partial charge in [0.2, 0.25) is 5.91 Å². The Hall–Kier alpha value is -3.86. The second-order valence-electron chi connectivity index (χ2n) is 7.57. The molecule has 0 saturated heterocycles. The molecule has 0 aliphatic rings. The van der Waals surface area contributed by atoms with Gasteiger partial charge in [0.05, 0.1) is 25.1 Å². The number of hydrogen-bond acceptors (Lipinski definition) is 4. The van der Waals surface area contributed by atoms with E-state index in [2.05, 4.69) is 28.5 Å². The number of carbonyl (C=O) groups is 1. The van der Waals surface area contributed by atoms with Crippen LogP contribution < -0.4 is 10.1 Å². The number of benzene rings is 2. The number of nitrogens with one attached hydrogen (secondary N) is 1. The number of carbonyl (C=O) groups excluding carboxylic acids is 1. The lowest BCUT2D eigenvalue weighted by molar-refractivity contribution is -0.116. The van der Waals surface area contributed by atoms with Gasteiger partial charge in [-0.3, -0.25) is 9.78 Å². The van der Waals surface area contributed by atoms with E-state index in [-0.39, 0.29) is 5.91 Å². The first kappa shape index (κ1) is 21.4. The zero-order chi connectivity index (χ0) is 22.5. The number of furan rings is 1. The molecule has 0 bridgehead atoms. The first-order chi connectivity index (χ1) is 15.6. The van der Waals surface area contributed by atoms with Crippen molar-refractivity contribution >= 4 is 22.4 Å². The van der Waals surface area contributed by atoms with Crippen molar-refractivity contribution in [1.82, 2.24) is 10.3 Å². The molecule has 0 spiro atoms. The summed E-state index contributed by atoms with van der Waals surface area (Å²) in [7, 11) is 0. The van der Waals surface area contributed by atoms with Gasteiger partial charge in [-0.15, -0.1) is 0 Å². The van der Waals surface area contributed by atoms with Gasteiger partial charge in [0, 0.05) is 34.3 Å². The highest BCUT2D eigenvalue weighted by Crippen LogP contribution is 2.40. The Balaban J connectivity index is 1.71. The molecule has 0 aliphatic carbocycles. The third-order valence-electron chi connectivity index (χ3n) is 5.36. The molecule has 2 aromatic carbocycles. The predicted molar refractivity (Wildman–Crippen MR) is 127 cm³/mol. The monoisotopic (exact) mass is 426 g/mol. The standard InChI is InChI=1S/C27H26N2O3/c1-4-31-26-19(3)27-23(24(17-32-27)20-10-6-5-7-11-20)15-22(26)18(2)14-25(30)29-16-21-12-8-9-13-28-21/h5-15,17H,4,16H2,1-3H3,(H,29,30)/b18-14+. The lowest BCUT2D eigenvalue weighted by Crippen LogP contribution is -2.21. The van der Waals surface area contributed by atoms with Gasteiger partial charge in [0.1, 0.15) is 11.3 Å². The summed E-state index contributed by atoms with van der Waals surface area (Å²) in [4.78, 5) is 16.8. The number of pyridine rings is 1. The van der Waals surface area contributed by atoms with Gasteiger partial charge in [-0.25, -0.2) is 0 Å². The van der Waals surface area contributed by atoms with Gasteiger partial charge >= 0.3 is 0 Å². The maximum Gasteiger partial charge on any atom is 0.244 e. The Morgan fingerprint density at radius 3 is 2.66 bits per heavy atom. The molecule has 0 aliphatic heterocycles. The number of fused-ring (bicyclic) bond motifs is 1. The van der Waals surface area contributed by atoms with E-state index in [9.17, 15) is 4.79 Å². The van der Waals surface area contributed by atoms with Crippen LogP contribution in [0, 0.1) is 6.92 Å². The molecule has 5 heteroatoms. The number of aryl methyl sites for hydroxylation is 1. The molecule has 0 radical (unpaired) electrons. The van der Waals surface area contributed by atoms with E-state index in [0.29, 0.717) is 13.2 Å². The van der Waals surface area contributed by atoms with Crippen LogP contribution in [0.4, 0.5) is 0 Å². The molecule has 1 amide bonds. The average Bonchev–Trinajstić information content (AvgIpc) is 3.25. The highest BCUT2D eigenvalue weighted by molar-refractivity contribution is 6.01. The number of amides is 1. The predicted octanol–water partition coefficient (Wildman–Crippen LogP) is 5.92. The summed E-state index contributed by atoms with van der Waals surface area (Å²) in [5, 5.41) is 3.89. The fourth-order valence-electron chi connectivity index (χ4n) is 3.79. The van der Waals surface area contributed by atoms with Crippen LogP contribution in [0.3, 0.4) is 0 Å². The number of allylic oxidation sites excluding steroid dienone is 1. The van der Waals surface area contributed by atoms with E-state index in [4.69, 9.17) is 9.15 Å². The highest BCUT2D eigenvalue weighted by atomic mass is 16.5. The highest BCUT2D eigenvalue weighted by Gasteiger charge is 2.19. The Morgan fingerprint density at radius 2 is 1.94 bits per heavy atom. The van der Waals surface area contributed by atoms with Crippen molar-refractivity contribution in [3.8, 4) is 16.9 Å². The van der Waals surface area contributed by atoms with E-state index < -0.39 is 0 Å². The smallest absolute Gasteiger partial charge is 0.244 e. The minimum Gasteiger partial charge on any atom is -0.493 e. The second-order valence-corrected chi connectivity index (χ2v) is 7.57. The summed E-state index contributed by atoms with van der Waals surface area (Å²) in [5.74, 6) is 0.559. The number of ether oxygens (including phenoxy) is 1. The number of aromatic nitrogens is 1. The van der Waals surface area contributed by atoms with Crippen LogP contribution in [0.1, 0.15) is 30.7 Å². The third kappa shape index (κ3) is 4.42. The van der Waals surface area contributed by atoms with Crippen LogP contribution in [-0.2, 0) is 11.3 Å². The van der Waals surface area contributed by atoms with Gasteiger partial charge in [0.15, 0.2) is 0 Å². The van der Waals surface area contributed by atoms with Crippen molar-refractivity contribution in [1.29, 1.82) is 0 Å². The molecule has 4 rings (SSSR count).